The molecule has 0 aromatic rings. The number of rotatable bonds is 13. The van der Waals surface area contributed by atoms with Crippen LogP contribution in [0.15, 0.2) is 11.8 Å². The number of allylic oxidation sites excluding steroid dienone is 2. The van der Waals surface area contributed by atoms with E-state index in [0.29, 0.717) is 9.46 Å². The number of halogens is 1. The topological polar surface area (TPSA) is 35.9 Å². The summed E-state index contributed by atoms with van der Waals surface area (Å²) in [6.45, 7) is 13.9. The Balaban J connectivity index is 2.43. The Morgan fingerprint density at radius 1 is 1.33 bits per heavy atom. The molecule has 0 bridgehead atoms. The maximum absolute atomic E-state index is 8.44. The Labute approximate surface area is 161 Å². The Morgan fingerprint density at radius 3 is 2.54 bits per heavy atom. The molecule has 0 aromatic heterocycles. The second-order valence-electron chi connectivity index (χ2n) is 8.27. The van der Waals surface area contributed by atoms with E-state index in [-0.39, 0.29) is 21.2 Å². The normalized spacial score (nSPS) is 22.5. The molecule has 1 aliphatic rings. The summed E-state index contributed by atoms with van der Waals surface area (Å²) in [5.41, 5.74) is 2.37. The third-order valence-corrected chi connectivity index (χ3v) is 8.77. The van der Waals surface area contributed by atoms with Gasteiger partial charge in [0.25, 0.3) is 0 Å². The molecule has 0 radical (unpaired) electrons. The molecule has 0 amide bonds. The zero-order chi connectivity index (χ0) is 18.2. The van der Waals surface area contributed by atoms with Crippen molar-refractivity contribution >= 4 is 5.71 Å². The minimum atomic E-state index is 0.212. The first-order valence-corrected chi connectivity index (χ1v) is 12.5. The van der Waals surface area contributed by atoms with Crippen LogP contribution in [0.25, 0.3) is 0 Å². The molecule has 1 rings (SSSR count). The Hall–Kier alpha value is -0.0600. The molecule has 2 nitrogen and oxygen atoms in total. The van der Waals surface area contributed by atoms with Crippen LogP contribution in [0.2, 0.25) is 0 Å². The van der Waals surface area contributed by atoms with Crippen LogP contribution in [0.3, 0.4) is 0 Å². The molecule has 1 saturated carbocycles. The molecule has 3 atom stereocenters. The minimum absolute atomic E-state index is 0.212. The van der Waals surface area contributed by atoms with Gasteiger partial charge in [-0.15, -0.1) is 0 Å². The molecule has 24 heavy (non-hydrogen) atoms. The van der Waals surface area contributed by atoms with Gasteiger partial charge in [0, 0.05) is 0 Å². The van der Waals surface area contributed by atoms with Gasteiger partial charge in [0.2, 0.25) is 0 Å². The predicted molar refractivity (Wildman–Crippen MR) is 104 cm³/mol. The average molecular weight is 447 g/mol. The van der Waals surface area contributed by atoms with Crippen molar-refractivity contribution in [3.05, 3.63) is 11.8 Å². The van der Waals surface area contributed by atoms with Gasteiger partial charge in [0.15, 0.2) is 0 Å². The number of hydrogen-bond acceptors (Lipinski definition) is 2. The third kappa shape index (κ3) is 9.43. The van der Waals surface area contributed by atoms with Crippen molar-refractivity contribution in [2.45, 2.75) is 96.0 Å². The van der Waals surface area contributed by atoms with E-state index in [1.54, 1.807) is 0 Å². The first-order chi connectivity index (χ1) is 11.3. The molecule has 142 valence electrons. The Morgan fingerprint density at radius 2 is 2.00 bits per heavy atom. The van der Waals surface area contributed by atoms with Gasteiger partial charge >= 0.3 is 162 Å². The van der Waals surface area contributed by atoms with E-state index in [9.17, 15) is 0 Å². The molecule has 0 aromatic carbocycles. The molecule has 2 N–H and O–H groups in total. The van der Waals surface area contributed by atoms with Gasteiger partial charge in [-0.05, 0) is 0 Å². The van der Waals surface area contributed by atoms with E-state index >= 15 is 0 Å². The summed E-state index contributed by atoms with van der Waals surface area (Å²) in [5.74, 6) is 1.80. The quantitative estimate of drug-likeness (QED) is 0.254. The van der Waals surface area contributed by atoms with Crippen LogP contribution in [-0.2, 0) is 0 Å². The van der Waals surface area contributed by atoms with Gasteiger partial charge in [-0.3, -0.25) is 0 Å². The van der Waals surface area contributed by atoms with E-state index in [4.69, 9.17) is 5.41 Å². The third-order valence-electron chi connectivity index (χ3n) is 4.70. The van der Waals surface area contributed by atoms with Gasteiger partial charge in [-0.25, -0.2) is 0 Å². The maximum atomic E-state index is 8.44. The number of alkyl halides is 2. The van der Waals surface area contributed by atoms with Gasteiger partial charge < -0.3 is 0 Å². The van der Waals surface area contributed by atoms with Crippen LogP contribution in [0.1, 0.15) is 86.5 Å². The summed E-state index contributed by atoms with van der Waals surface area (Å²) in [5, 5.41) is 12.2. The van der Waals surface area contributed by atoms with Crippen LogP contribution in [0.5, 0.6) is 0 Å². The second-order valence-corrected chi connectivity index (χ2v) is 13.0. The van der Waals surface area contributed by atoms with Crippen LogP contribution < -0.4 is 26.5 Å². The van der Waals surface area contributed by atoms with E-state index < -0.39 is 0 Å². The summed E-state index contributed by atoms with van der Waals surface area (Å²) < 4.78 is 1.77. The molecule has 1 fully saturated rings. The predicted octanol–water partition coefficient (Wildman–Crippen LogP) is 2.77. The van der Waals surface area contributed by atoms with Crippen LogP contribution in [-0.4, -0.2) is 19.6 Å². The number of unbranched alkanes of at least 4 members (excludes halogenated alkanes) is 1. The Bertz CT molecular complexity index is 414. The van der Waals surface area contributed by atoms with Crippen LogP contribution >= 0.6 is 0 Å². The molecular formula is C21H40IN2-. The summed E-state index contributed by atoms with van der Waals surface area (Å²) in [4.78, 5) is 0. The van der Waals surface area contributed by atoms with Crippen molar-refractivity contribution in [2.24, 2.45) is 11.8 Å². The first-order valence-electron chi connectivity index (χ1n) is 9.89. The fourth-order valence-electron chi connectivity index (χ4n) is 3.20. The summed E-state index contributed by atoms with van der Waals surface area (Å²) in [6.07, 6.45) is 10.6. The van der Waals surface area contributed by atoms with Crippen LogP contribution in [0.4, 0.5) is 0 Å². The monoisotopic (exact) mass is 447 g/mol. The zero-order valence-corrected chi connectivity index (χ0v) is 19.0. The summed E-state index contributed by atoms with van der Waals surface area (Å²) in [6, 6.07) is 0.384. The van der Waals surface area contributed by atoms with Gasteiger partial charge in [0.05, 0.1) is 0 Å². The first kappa shape index (κ1) is 22.0. The van der Waals surface area contributed by atoms with Gasteiger partial charge in [-0.1, -0.05) is 0 Å². The van der Waals surface area contributed by atoms with Crippen LogP contribution in [0, 0.1) is 17.2 Å². The van der Waals surface area contributed by atoms with Crippen molar-refractivity contribution in [1.29, 1.82) is 5.41 Å². The SMILES string of the molecule is CCC/C=C(\C[C@@H]1C[C@H]1C)NC(C)CC(=N)CC(C)(C)[I-]CCC. The molecule has 0 spiro atoms. The van der Waals surface area contributed by atoms with E-state index in [2.05, 4.69) is 52.9 Å². The zero-order valence-electron chi connectivity index (χ0n) is 16.8. The van der Waals surface area contributed by atoms with Crippen molar-refractivity contribution in [3.63, 3.8) is 0 Å². The number of nitrogens with one attached hydrogen (secondary N) is 2. The summed E-state index contributed by atoms with van der Waals surface area (Å²) >= 11 is 0.212. The van der Waals surface area contributed by atoms with Crippen molar-refractivity contribution in [3.8, 4) is 0 Å². The molecule has 1 unspecified atom stereocenters. The standard InChI is InChI=1S/C21H40IN2/c1-7-9-10-20(14-18-12-16(18)3)24-17(4)13-19(23)15-21(5,6)22-11-8-2/h10,16-18,23-24H,7-9,11-15H2,1-6H3/q-1/b20-10+,23-19?/t16-,17?,18+/m1/s1. The fraction of sp³-hybridized carbons (Fsp3) is 0.857. The molecule has 0 saturated heterocycles. The van der Waals surface area contributed by atoms with Crippen molar-refractivity contribution in [1.82, 2.24) is 5.32 Å². The van der Waals surface area contributed by atoms with Crippen molar-refractivity contribution in [2.75, 3.05) is 4.43 Å². The number of hydrogen-bond donors (Lipinski definition) is 2. The average Bonchev–Trinajstić information content (AvgIpc) is 3.16. The molecule has 1 aliphatic carbocycles. The summed E-state index contributed by atoms with van der Waals surface area (Å²) in [7, 11) is 0. The molecule has 0 aliphatic heterocycles. The molecule has 3 heteroatoms. The van der Waals surface area contributed by atoms with E-state index in [1.165, 1.54) is 42.2 Å². The van der Waals surface area contributed by atoms with Gasteiger partial charge in [-0.2, -0.15) is 0 Å². The van der Waals surface area contributed by atoms with Gasteiger partial charge in [0.1, 0.15) is 0 Å². The van der Waals surface area contributed by atoms with Crippen molar-refractivity contribution < 1.29 is 21.2 Å². The van der Waals surface area contributed by atoms with E-state index in [0.717, 1.165) is 30.4 Å². The Kier molecular flexibility index (Phi) is 9.91. The van der Waals surface area contributed by atoms with E-state index in [1.807, 2.05) is 0 Å². The fourth-order valence-corrected chi connectivity index (χ4v) is 5.93. The second kappa shape index (κ2) is 10.8. The molecular weight excluding hydrogens is 407 g/mol. The molecule has 0 heterocycles.